The van der Waals surface area contributed by atoms with Gasteiger partial charge in [-0.3, -0.25) is 14.1 Å². The van der Waals surface area contributed by atoms with Crippen molar-refractivity contribution in [1.29, 1.82) is 0 Å². The first kappa shape index (κ1) is 19.2. The maximum absolute atomic E-state index is 13.0. The van der Waals surface area contributed by atoms with Gasteiger partial charge < -0.3 is 9.84 Å². The number of hydrogen-bond acceptors (Lipinski definition) is 6. The molecule has 0 aliphatic carbocycles. The Kier molecular flexibility index (Phi) is 4.64. The molecule has 156 valence electrons. The predicted octanol–water partition coefficient (Wildman–Crippen LogP) is 4.50. The highest BCUT2D eigenvalue weighted by atomic mass is 35.5. The van der Waals surface area contributed by atoms with Gasteiger partial charge in [-0.05, 0) is 23.1 Å². The second-order valence-electron chi connectivity index (χ2n) is 6.49. The van der Waals surface area contributed by atoms with Crippen LogP contribution in [-0.2, 0) is 7.05 Å². The summed E-state index contributed by atoms with van der Waals surface area (Å²) < 4.78 is 12.5. The third kappa shape index (κ3) is 3.41. The molecule has 3 aromatic heterocycles. The third-order valence-electron chi connectivity index (χ3n) is 4.53. The molecule has 0 atom stereocenters. The molecule has 5 rings (SSSR count). The normalized spacial score (nSPS) is 11.2. The van der Waals surface area contributed by atoms with E-state index in [1.165, 1.54) is 6.20 Å². The molecule has 5 aromatic rings. The molecule has 0 fully saturated rings. The molecule has 0 aliphatic heterocycles. The second kappa shape index (κ2) is 7.49. The van der Waals surface area contributed by atoms with Gasteiger partial charge in [-0.1, -0.05) is 41.4 Å². The summed E-state index contributed by atoms with van der Waals surface area (Å²) in [6.07, 6.45) is 3.04. The Bertz CT molecular complexity index is 1490. The number of amides is 1. The van der Waals surface area contributed by atoms with Crippen molar-refractivity contribution in [3.8, 4) is 5.69 Å². The number of benzene rings is 2. The number of carbonyl (C=O) groups is 1. The lowest BCUT2D eigenvalue weighted by Gasteiger charge is -2.12. The summed E-state index contributed by atoms with van der Waals surface area (Å²) in [4.78, 5) is 22.0. The maximum Gasteiger partial charge on any atom is 0.296 e. The lowest BCUT2D eigenvalue weighted by molar-refractivity contribution is 0.0713. The molecule has 3 heterocycles. The first-order valence-corrected chi connectivity index (χ1v) is 9.71. The molecule has 0 bridgehead atoms. The molecule has 0 radical (unpaired) electrons. The van der Waals surface area contributed by atoms with Gasteiger partial charge in [0.15, 0.2) is 0 Å². The van der Waals surface area contributed by atoms with Crippen LogP contribution in [0, 0.1) is 0 Å². The minimum atomic E-state index is -0.335. The van der Waals surface area contributed by atoms with E-state index in [0.29, 0.717) is 22.5 Å². The van der Waals surface area contributed by atoms with Crippen LogP contribution in [0.1, 0.15) is 10.4 Å². The van der Waals surface area contributed by atoms with Crippen LogP contribution in [0.5, 0.6) is 0 Å². The van der Waals surface area contributed by atoms with Crippen molar-refractivity contribution in [2.45, 2.75) is 0 Å². The Morgan fingerprint density at radius 2 is 2.00 bits per heavy atom. The molecule has 0 unspecified atom stereocenters. The van der Waals surface area contributed by atoms with Gasteiger partial charge in [0.2, 0.25) is 5.65 Å². The molecule has 1 amide bonds. The Morgan fingerprint density at radius 3 is 2.87 bits per heavy atom. The molecule has 0 saturated carbocycles. The molecule has 0 spiro atoms. The number of fused-ring (bicyclic) bond motifs is 2. The monoisotopic (exact) mass is 457 g/mol. The summed E-state index contributed by atoms with van der Waals surface area (Å²) >= 11 is 12.3. The van der Waals surface area contributed by atoms with Crippen LogP contribution in [0.25, 0.3) is 28.0 Å². The molecule has 2 aromatic carbocycles. The zero-order valence-corrected chi connectivity index (χ0v) is 17.3. The number of aryl methyl sites for hydroxylation is 1. The van der Waals surface area contributed by atoms with E-state index >= 15 is 0 Å². The fourth-order valence-corrected chi connectivity index (χ4v) is 3.51. The summed E-state index contributed by atoms with van der Waals surface area (Å²) in [5.74, 6) is -0.335. The van der Waals surface area contributed by atoms with Crippen LogP contribution < -0.4 is 5.32 Å². The molecule has 0 saturated heterocycles. The van der Waals surface area contributed by atoms with E-state index in [0.717, 1.165) is 10.3 Å². The van der Waals surface area contributed by atoms with E-state index in [1.807, 2.05) is 6.07 Å². The van der Waals surface area contributed by atoms with Crippen molar-refractivity contribution >= 4 is 57.1 Å². The fourth-order valence-electron chi connectivity index (χ4n) is 3.13. The number of hydrogen-bond donors (Lipinski definition) is 2. The van der Waals surface area contributed by atoms with Crippen LogP contribution in [0.2, 0.25) is 10.2 Å². The number of para-hydroxylation sites is 1. The number of nitrogens with zero attached hydrogens (tertiary/aromatic N) is 5. The number of nitrogens with one attached hydrogen (secondary N) is 2. The summed E-state index contributed by atoms with van der Waals surface area (Å²) in [7, 11) is 1.78. The molecular weight excluding hydrogens is 445 g/mol. The highest BCUT2D eigenvalue weighted by molar-refractivity contribution is 6.35. The molecule has 10 nitrogen and oxygen atoms in total. The number of H-pyrrole nitrogens is 1. The van der Waals surface area contributed by atoms with Crippen molar-refractivity contribution in [2.24, 2.45) is 7.05 Å². The van der Waals surface area contributed by atoms with Crippen molar-refractivity contribution in [3.63, 3.8) is 0 Å². The van der Waals surface area contributed by atoms with Gasteiger partial charge in [-0.15, -0.1) is 0 Å². The van der Waals surface area contributed by atoms with Crippen molar-refractivity contribution in [3.05, 3.63) is 64.5 Å². The largest absolute Gasteiger partial charge is 0.320 e. The van der Waals surface area contributed by atoms with E-state index < -0.39 is 0 Å². The zero-order chi connectivity index (χ0) is 21.5. The van der Waals surface area contributed by atoms with E-state index in [2.05, 4.69) is 25.5 Å². The Balaban J connectivity index is 1.52. The predicted molar refractivity (Wildman–Crippen MR) is 114 cm³/mol. The van der Waals surface area contributed by atoms with E-state index in [1.54, 1.807) is 48.3 Å². The topological polar surface area (TPSA) is 120 Å². The second-order valence-corrected chi connectivity index (χ2v) is 7.26. The highest BCUT2D eigenvalue weighted by Crippen LogP contribution is 2.30. The van der Waals surface area contributed by atoms with Gasteiger partial charge in [0.1, 0.15) is 10.8 Å². The number of anilines is 1. The van der Waals surface area contributed by atoms with Crippen LogP contribution in [-0.4, -0.2) is 35.7 Å². The smallest absolute Gasteiger partial charge is 0.296 e. The van der Waals surface area contributed by atoms with Crippen LogP contribution in [0.15, 0.2) is 57.9 Å². The van der Waals surface area contributed by atoms with Crippen LogP contribution >= 0.6 is 23.2 Å². The van der Waals surface area contributed by atoms with Crippen molar-refractivity contribution in [1.82, 2.24) is 29.8 Å². The van der Waals surface area contributed by atoms with Gasteiger partial charge in [-0.2, -0.15) is 10.3 Å². The fraction of sp³-hybridized carbons (Fsp3) is 0.0526. The summed E-state index contributed by atoms with van der Waals surface area (Å²) in [6.45, 7) is 0. The van der Waals surface area contributed by atoms with Crippen molar-refractivity contribution < 1.29 is 13.9 Å². The molecular formula is C19H13Cl2N7O3. The zero-order valence-electron chi connectivity index (χ0n) is 15.8. The first-order valence-electron chi connectivity index (χ1n) is 8.95. The lowest BCUT2D eigenvalue weighted by Crippen LogP contribution is -2.14. The van der Waals surface area contributed by atoms with Crippen molar-refractivity contribution in [2.75, 3.05) is 5.32 Å². The quantitative estimate of drug-likeness (QED) is 0.411. The van der Waals surface area contributed by atoms with Gasteiger partial charge in [0.05, 0.1) is 34.2 Å². The third-order valence-corrected chi connectivity index (χ3v) is 5.11. The maximum atomic E-state index is 13.0. The van der Waals surface area contributed by atoms with Gasteiger partial charge in [-0.25, -0.2) is 9.97 Å². The van der Waals surface area contributed by atoms with E-state index in [9.17, 15) is 4.79 Å². The average molecular weight is 458 g/mol. The Morgan fingerprint density at radius 1 is 1.16 bits per heavy atom. The van der Waals surface area contributed by atoms with E-state index in [4.69, 9.17) is 32.4 Å². The minimum Gasteiger partial charge on any atom is -0.320 e. The molecule has 31 heavy (non-hydrogen) atoms. The molecule has 12 heteroatoms. The standard InChI is InChI=1S/C19H13Cl2N7O3/c1-27-16-10(8-23-27)4-2-5-11(16)18(29)24-12-6-3-7-13(15(12)21)28-30-19-17(26-31-28)25-14(20)9-22-19/h2-9H,1H3,(H,24,29)(H,25,26). The highest BCUT2D eigenvalue weighted by Gasteiger charge is 2.17. The number of halogens is 2. The number of rotatable bonds is 3. The minimum absolute atomic E-state index is 0.143. The number of aromatic amines is 1. The Hall–Kier alpha value is -3.76. The number of carbonyl (C=O) groups excluding carboxylic acids is 1. The lowest BCUT2D eigenvalue weighted by atomic mass is 10.1. The molecule has 2 N–H and O–H groups in total. The summed E-state index contributed by atoms with van der Waals surface area (Å²) in [5.41, 5.74) is 2.23. The van der Waals surface area contributed by atoms with Gasteiger partial charge >= 0.3 is 0 Å². The van der Waals surface area contributed by atoms with E-state index in [-0.39, 0.29) is 27.4 Å². The van der Waals surface area contributed by atoms with Gasteiger partial charge in [0, 0.05) is 12.4 Å². The van der Waals surface area contributed by atoms with Gasteiger partial charge in [0.25, 0.3) is 11.6 Å². The first-order chi connectivity index (χ1) is 15.0. The van der Waals surface area contributed by atoms with Crippen LogP contribution in [0.4, 0.5) is 5.69 Å². The number of aromatic nitrogens is 6. The Labute approximate surface area is 183 Å². The summed E-state index contributed by atoms with van der Waals surface area (Å²) in [6, 6.07) is 10.4. The summed E-state index contributed by atoms with van der Waals surface area (Å²) in [5, 5.41) is 10.8. The average Bonchev–Trinajstić information content (AvgIpc) is 3.16. The molecule has 0 aliphatic rings. The van der Waals surface area contributed by atoms with Crippen LogP contribution in [0.3, 0.4) is 0 Å². The SMILES string of the molecule is Cn1ncc2cccc(C(=O)Nc3cccc(-n4o[nH]c5nc(Cl)cnc5o4)c3Cl)c21.